The molecular weight excluding hydrogens is 392 g/mol. The minimum Gasteiger partial charge on any atom is -0.466 e. The number of carbonyl (C=O) groups is 3. The summed E-state index contributed by atoms with van der Waals surface area (Å²) < 4.78 is 5.20. The zero-order valence-electron chi connectivity index (χ0n) is 17.8. The minimum atomic E-state index is -0.370. The molecular formula is C25H30N2O4. The van der Waals surface area contributed by atoms with Crippen LogP contribution in [0.3, 0.4) is 0 Å². The Labute approximate surface area is 183 Å². The van der Waals surface area contributed by atoms with E-state index in [-0.39, 0.29) is 30.6 Å². The van der Waals surface area contributed by atoms with E-state index in [9.17, 15) is 14.4 Å². The van der Waals surface area contributed by atoms with Crippen molar-refractivity contribution in [2.75, 3.05) is 25.0 Å². The van der Waals surface area contributed by atoms with E-state index in [1.54, 1.807) is 24.3 Å². The number of esters is 1. The van der Waals surface area contributed by atoms with Crippen molar-refractivity contribution in [3.63, 3.8) is 0 Å². The molecule has 0 bridgehead atoms. The predicted octanol–water partition coefficient (Wildman–Crippen LogP) is 4.21. The van der Waals surface area contributed by atoms with E-state index in [4.69, 9.17) is 4.74 Å². The first kappa shape index (κ1) is 22.5. The van der Waals surface area contributed by atoms with Crippen molar-refractivity contribution in [3.05, 3.63) is 65.7 Å². The highest BCUT2D eigenvalue weighted by Crippen LogP contribution is 2.16. The maximum absolute atomic E-state index is 12.5. The quantitative estimate of drug-likeness (QED) is 0.485. The van der Waals surface area contributed by atoms with Crippen LogP contribution in [-0.4, -0.2) is 42.4 Å². The third-order valence-corrected chi connectivity index (χ3v) is 5.33. The lowest BCUT2D eigenvalue weighted by Gasteiger charge is -2.26. The normalized spacial score (nSPS) is 13.5. The van der Waals surface area contributed by atoms with Crippen LogP contribution in [0.2, 0.25) is 0 Å². The molecule has 6 heteroatoms. The lowest BCUT2D eigenvalue weighted by Crippen LogP contribution is -2.35. The Balaban J connectivity index is 1.33. The van der Waals surface area contributed by atoms with Crippen molar-refractivity contribution < 1.29 is 19.1 Å². The van der Waals surface area contributed by atoms with Crippen molar-refractivity contribution in [2.45, 2.75) is 44.9 Å². The maximum Gasteiger partial charge on any atom is 0.306 e. The van der Waals surface area contributed by atoms with Crippen LogP contribution >= 0.6 is 0 Å². The number of hydrogen-bond acceptors (Lipinski definition) is 4. The Kier molecular flexibility index (Phi) is 8.64. The molecule has 1 N–H and O–H groups in total. The fourth-order valence-corrected chi connectivity index (χ4v) is 3.59. The summed E-state index contributed by atoms with van der Waals surface area (Å²) in [7, 11) is 0. The molecule has 2 aromatic carbocycles. The number of benzene rings is 2. The number of rotatable bonds is 9. The molecule has 31 heavy (non-hydrogen) atoms. The average molecular weight is 423 g/mol. The second-order valence-electron chi connectivity index (χ2n) is 7.79. The number of amides is 2. The molecule has 1 fully saturated rings. The number of ether oxygens (including phenoxy) is 1. The van der Waals surface area contributed by atoms with Gasteiger partial charge in [0, 0.05) is 30.8 Å². The van der Waals surface area contributed by atoms with Crippen molar-refractivity contribution in [1.29, 1.82) is 0 Å². The van der Waals surface area contributed by atoms with Crippen LogP contribution in [-0.2, 0) is 20.7 Å². The van der Waals surface area contributed by atoms with E-state index in [2.05, 4.69) is 5.32 Å². The Bertz CT molecular complexity index is 859. The number of hydrogen-bond donors (Lipinski definition) is 1. The lowest BCUT2D eigenvalue weighted by molar-refractivity contribution is -0.144. The zero-order valence-corrected chi connectivity index (χ0v) is 17.8. The largest absolute Gasteiger partial charge is 0.466 e. The van der Waals surface area contributed by atoms with Crippen molar-refractivity contribution in [1.82, 2.24) is 4.90 Å². The summed E-state index contributed by atoms with van der Waals surface area (Å²) in [5, 5.41) is 2.76. The van der Waals surface area contributed by atoms with Gasteiger partial charge in [-0.25, -0.2) is 0 Å². The molecule has 2 amide bonds. The van der Waals surface area contributed by atoms with Gasteiger partial charge in [0.15, 0.2) is 0 Å². The smallest absolute Gasteiger partial charge is 0.306 e. The number of nitrogens with zero attached hydrogens (tertiary/aromatic N) is 1. The van der Waals surface area contributed by atoms with Crippen LogP contribution in [0, 0.1) is 0 Å². The molecule has 0 spiro atoms. The first-order valence-corrected chi connectivity index (χ1v) is 11.0. The number of carbonyl (C=O) groups excluding carboxylic acids is 3. The summed E-state index contributed by atoms with van der Waals surface area (Å²) in [4.78, 5) is 38.3. The fourth-order valence-electron chi connectivity index (χ4n) is 3.59. The summed E-state index contributed by atoms with van der Waals surface area (Å²) in [5.41, 5.74) is 2.44. The monoisotopic (exact) mass is 422 g/mol. The Hall–Kier alpha value is -3.15. The van der Waals surface area contributed by atoms with Gasteiger partial charge in [0.25, 0.3) is 5.91 Å². The molecule has 0 unspecified atom stereocenters. The van der Waals surface area contributed by atoms with Gasteiger partial charge < -0.3 is 15.0 Å². The highest BCUT2D eigenvalue weighted by Gasteiger charge is 2.18. The SMILES string of the molecule is O=C(CCC(=O)OCCCc1ccccc1)Nc1ccc(C(=O)N2CCCCC2)cc1. The molecule has 1 aliphatic heterocycles. The minimum absolute atomic E-state index is 0.0348. The van der Waals surface area contributed by atoms with E-state index in [0.29, 0.717) is 17.9 Å². The van der Waals surface area contributed by atoms with Crippen molar-refractivity contribution in [2.24, 2.45) is 0 Å². The summed E-state index contributed by atoms with van der Waals surface area (Å²) in [6.07, 6.45) is 4.99. The summed E-state index contributed by atoms with van der Waals surface area (Å²) in [6, 6.07) is 16.9. The number of anilines is 1. The number of nitrogens with one attached hydrogen (secondary N) is 1. The second-order valence-corrected chi connectivity index (χ2v) is 7.79. The summed E-state index contributed by atoms with van der Waals surface area (Å²) in [6.45, 7) is 1.96. The van der Waals surface area contributed by atoms with Gasteiger partial charge in [-0.3, -0.25) is 14.4 Å². The van der Waals surface area contributed by atoms with E-state index >= 15 is 0 Å². The Morgan fingerprint density at radius 3 is 2.29 bits per heavy atom. The molecule has 1 saturated heterocycles. The van der Waals surface area contributed by atoms with Gasteiger partial charge in [-0.05, 0) is 61.9 Å². The van der Waals surface area contributed by atoms with Crippen LogP contribution in [0.4, 0.5) is 5.69 Å². The van der Waals surface area contributed by atoms with E-state index < -0.39 is 0 Å². The molecule has 0 atom stereocenters. The first-order chi connectivity index (χ1) is 15.1. The van der Waals surface area contributed by atoms with Gasteiger partial charge in [0.05, 0.1) is 13.0 Å². The van der Waals surface area contributed by atoms with Gasteiger partial charge in [-0.15, -0.1) is 0 Å². The van der Waals surface area contributed by atoms with Crippen molar-refractivity contribution >= 4 is 23.5 Å². The van der Waals surface area contributed by atoms with Crippen molar-refractivity contribution in [3.8, 4) is 0 Å². The van der Waals surface area contributed by atoms with Crippen LogP contribution in [0.5, 0.6) is 0 Å². The van der Waals surface area contributed by atoms with E-state index in [1.807, 2.05) is 35.2 Å². The molecule has 3 rings (SSSR count). The van der Waals surface area contributed by atoms with Gasteiger partial charge in [-0.2, -0.15) is 0 Å². The van der Waals surface area contributed by atoms with Gasteiger partial charge in [-0.1, -0.05) is 30.3 Å². The van der Waals surface area contributed by atoms with Crippen LogP contribution < -0.4 is 5.32 Å². The van der Waals surface area contributed by atoms with Crippen LogP contribution in [0.15, 0.2) is 54.6 Å². The molecule has 6 nitrogen and oxygen atoms in total. The van der Waals surface area contributed by atoms with E-state index in [0.717, 1.165) is 38.8 Å². The number of likely N-dealkylation sites (tertiary alicyclic amines) is 1. The third kappa shape index (κ3) is 7.55. The van der Waals surface area contributed by atoms with Gasteiger partial charge in [0.1, 0.15) is 0 Å². The molecule has 0 radical (unpaired) electrons. The number of piperidine rings is 1. The highest BCUT2D eigenvalue weighted by molar-refractivity contribution is 5.96. The maximum atomic E-state index is 12.5. The van der Waals surface area contributed by atoms with E-state index in [1.165, 1.54) is 12.0 Å². The molecule has 0 saturated carbocycles. The standard InChI is InChI=1S/C25H30N2O4/c28-23(15-16-24(29)31-19-7-10-20-8-3-1-4-9-20)26-22-13-11-21(12-14-22)25(30)27-17-5-2-6-18-27/h1,3-4,8-9,11-14H,2,5-7,10,15-19H2,(H,26,28). The molecule has 0 aliphatic carbocycles. The highest BCUT2D eigenvalue weighted by atomic mass is 16.5. The molecule has 164 valence electrons. The second kappa shape index (κ2) is 11.9. The zero-order chi connectivity index (χ0) is 21.9. The average Bonchev–Trinajstić information content (AvgIpc) is 2.82. The fraction of sp³-hybridized carbons (Fsp3) is 0.400. The summed E-state index contributed by atoms with van der Waals surface area (Å²) >= 11 is 0. The molecule has 1 heterocycles. The van der Waals surface area contributed by atoms with Gasteiger partial charge >= 0.3 is 5.97 Å². The Morgan fingerprint density at radius 1 is 0.871 bits per heavy atom. The Morgan fingerprint density at radius 2 is 1.58 bits per heavy atom. The van der Waals surface area contributed by atoms with Crippen LogP contribution in [0.25, 0.3) is 0 Å². The topological polar surface area (TPSA) is 75.7 Å². The lowest BCUT2D eigenvalue weighted by atomic mass is 10.1. The molecule has 1 aliphatic rings. The molecule has 0 aromatic heterocycles. The first-order valence-electron chi connectivity index (χ1n) is 11.0. The number of aryl methyl sites for hydroxylation is 1. The third-order valence-electron chi connectivity index (χ3n) is 5.33. The summed E-state index contributed by atoms with van der Waals surface area (Å²) in [5.74, 6) is -0.588. The van der Waals surface area contributed by atoms with Crippen LogP contribution in [0.1, 0.15) is 54.4 Å². The van der Waals surface area contributed by atoms with Gasteiger partial charge in [0.2, 0.25) is 5.91 Å². The molecule has 2 aromatic rings. The predicted molar refractivity (Wildman–Crippen MR) is 120 cm³/mol.